The van der Waals surface area contributed by atoms with Crippen LogP contribution in [0.5, 0.6) is 0 Å². The summed E-state index contributed by atoms with van der Waals surface area (Å²) < 4.78 is 5.04. The van der Waals surface area contributed by atoms with Gasteiger partial charge in [0.05, 0.1) is 27.2 Å². The van der Waals surface area contributed by atoms with E-state index in [9.17, 15) is 9.59 Å². The summed E-state index contributed by atoms with van der Waals surface area (Å²) >= 11 is 6.20. The van der Waals surface area contributed by atoms with Gasteiger partial charge in [-0.05, 0) is 44.0 Å². The lowest BCUT2D eigenvalue weighted by atomic mass is 10.1. The Labute approximate surface area is 153 Å². The van der Waals surface area contributed by atoms with Crippen LogP contribution in [0.2, 0.25) is 5.02 Å². The minimum atomic E-state index is -0.341. The number of nitrogens with one attached hydrogen (secondary N) is 2. The molecule has 2 aromatic heterocycles. The molecule has 1 aromatic carbocycles. The van der Waals surface area contributed by atoms with Gasteiger partial charge in [0.15, 0.2) is 0 Å². The van der Waals surface area contributed by atoms with Gasteiger partial charge in [-0.3, -0.25) is 9.59 Å². The van der Waals surface area contributed by atoms with E-state index in [1.165, 1.54) is 6.20 Å². The number of benzene rings is 1. The van der Waals surface area contributed by atoms with E-state index in [0.29, 0.717) is 33.6 Å². The van der Waals surface area contributed by atoms with Crippen LogP contribution in [0.1, 0.15) is 39.3 Å². The van der Waals surface area contributed by atoms with Crippen molar-refractivity contribution in [2.24, 2.45) is 0 Å². The Morgan fingerprint density at radius 2 is 2.04 bits per heavy atom. The van der Waals surface area contributed by atoms with Crippen LogP contribution in [0.15, 0.2) is 35.0 Å². The van der Waals surface area contributed by atoms with E-state index >= 15 is 0 Å². The lowest BCUT2D eigenvalue weighted by Crippen LogP contribution is -2.25. The highest BCUT2D eigenvalue weighted by Gasteiger charge is 2.24. The van der Waals surface area contributed by atoms with Crippen molar-refractivity contribution in [1.82, 2.24) is 15.5 Å². The number of anilines is 1. The number of fused-ring (bicyclic) bond motifs is 1. The van der Waals surface area contributed by atoms with E-state index in [4.69, 9.17) is 16.1 Å². The number of halogens is 1. The summed E-state index contributed by atoms with van der Waals surface area (Å²) in [6.45, 7) is 1.78. The normalized spacial score (nSPS) is 13.6. The van der Waals surface area contributed by atoms with E-state index < -0.39 is 0 Å². The lowest BCUT2D eigenvalue weighted by molar-refractivity contribution is 0.0950. The molecule has 0 saturated heterocycles. The Hall–Kier alpha value is -2.93. The van der Waals surface area contributed by atoms with E-state index in [1.54, 1.807) is 31.2 Å². The molecule has 0 radical (unpaired) electrons. The van der Waals surface area contributed by atoms with Crippen LogP contribution in [-0.2, 0) is 0 Å². The minimum absolute atomic E-state index is 0.201. The Balaban J connectivity index is 1.52. The molecule has 7 nitrogen and oxygen atoms in total. The Kier molecular flexibility index (Phi) is 4.08. The molecule has 0 atom stereocenters. The maximum absolute atomic E-state index is 12.5. The Morgan fingerprint density at radius 3 is 2.77 bits per heavy atom. The van der Waals surface area contributed by atoms with E-state index in [1.807, 2.05) is 0 Å². The first kappa shape index (κ1) is 16.5. The van der Waals surface area contributed by atoms with Crippen molar-refractivity contribution in [3.63, 3.8) is 0 Å². The van der Waals surface area contributed by atoms with Crippen LogP contribution < -0.4 is 10.6 Å². The van der Waals surface area contributed by atoms with Gasteiger partial charge < -0.3 is 15.2 Å². The van der Waals surface area contributed by atoms with Crippen molar-refractivity contribution in [2.75, 3.05) is 5.32 Å². The fraction of sp³-hybridized carbons (Fsp3) is 0.222. The summed E-state index contributed by atoms with van der Waals surface area (Å²) in [5, 5.41) is 10.4. The maximum atomic E-state index is 12.5. The summed E-state index contributed by atoms with van der Waals surface area (Å²) in [5.74, 6) is -0.542. The number of nitrogens with zero attached hydrogens (tertiary/aromatic N) is 2. The van der Waals surface area contributed by atoms with E-state index in [2.05, 4.69) is 20.8 Å². The predicted octanol–water partition coefficient (Wildman–Crippen LogP) is 3.33. The molecule has 0 unspecified atom stereocenters. The molecule has 1 fully saturated rings. The number of pyridine rings is 1. The Bertz CT molecular complexity index is 1030. The van der Waals surface area contributed by atoms with Crippen LogP contribution in [-0.4, -0.2) is 28.0 Å². The number of aromatic nitrogens is 2. The molecule has 0 bridgehead atoms. The summed E-state index contributed by atoms with van der Waals surface area (Å²) in [5.41, 5.74) is 2.30. The topological polar surface area (TPSA) is 97.1 Å². The lowest BCUT2D eigenvalue weighted by Gasteiger charge is -2.09. The zero-order valence-corrected chi connectivity index (χ0v) is 14.6. The average molecular weight is 371 g/mol. The van der Waals surface area contributed by atoms with Crippen molar-refractivity contribution in [1.29, 1.82) is 0 Å². The molecule has 132 valence electrons. The molecule has 26 heavy (non-hydrogen) atoms. The third-order valence-corrected chi connectivity index (χ3v) is 4.47. The second kappa shape index (κ2) is 6.42. The molecule has 0 spiro atoms. The maximum Gasteiger partial charge on any atom is 0.257 e. The van der Waals surface area contributed by atoms with Gasteiger partial charge in [0.1, 0.15) is 0 Å². The van der Waals surface area contributed by atoms with Gasteiger partial charge in [-0.25, -0.2) is 4.98 Å². The number of rotatable bonds is 4. The molecule has 2 N–H and O–H groups in total. The summed E-state index contributed by atoms with van der Waals surface area (Å²) in [7, 11) is 0. The molecule has 1 aliphatic rings. The van der Waals surface area contributed by atoms with Gasteiger partial charge in [-0.1, -0.05) is 16.8 Å². The third-order valence-electron chi connectivity index (χ3n) is 4.16. The molecule has 2 amide bonds. The predicted molar refractivity (Wildman–Crippen MR) is 96.4 cm³/mol. The number of hydrogen-bond donors (Lipinski definition) is 2. The fourth-order valence-electron chi connectivity index (χ4n) is 2.54. The third kappa shape index (κ3) is 3.25. The van der Waals surface area contributed by atoms with Crippen molar-refractivity contribution < 1.29 is 14.1 Å². The summed E-state index contributed by atoms with van der Waals surface area (Å²) in [4.78, 5) is 28.6. The largest absolute Gasteiger partial charge is 0.349 e. The van der Waals surface area contributed by atoms with Crippen molar-refractivity contribution in [3.8, 4) is 0 Å². The first-order chi connectivity index (χ1) is 12.5. The molecule has 1 saturated carbocycles. The quantitative estimate of drug-likeness (QED) is 0.734. The highest BCUT2D eigenvalue weighted by atomic mass is 35.5. The monoisotopic (exact) mass is 370 g/mol. The molecule has 1 aliphatic carbocycles. The summed E-state index contributed by atoms with van der Waals surface area (Å²) in [6.07, 6.45) is 3.42. The van der Waals surface area contributed by atoms with Crippen LogP contribution in [0.4, 0.5) is 5.69 Å². The zero-order chi connectivity index (χ0) is 18.3. The molecule has 3 aromatic rings. The number of carbonyl (C=O) groups is 2. The number of hydrogen-bond acceptors (Lipinski definition) is 5. The van der Waals surface area contributed by atoms with E-state index in [-0.39, 0.29) is 22.9 Å². The van der Waals surface area contributed by atoms with Crippen LogP contribution in [0.25, 0.3) is 11.1 Å². The molecule has 0 aliphatic heterocycles. The summed E-state index contributed by atoms with van der Waals surface area (Å²) in [6, 6.07) is 6.71. The highest BCUT2D eigenvalue weighted by Crippen LogP contribution is 2.24. The number of carbonyl (C=O) groups excluding carboxylic acids is 2. The SMILES string of the molecule is Cc1noc2ncc(C(=O)Nc3ccc(C(=O)NC4CC4)c(Cl)c3)cc12. The first-order valence-corrected chi connectivity index (χ1v) is 8.53. The fourth-order valence-corrected chi connectivity index (χ4v) is 2.81. The standard InChI is InChI=1S/C18H15ClN4O3/c1-9-14-6-10(8-20-18(14)26-23-9)16(24)22-12-4-5-13(15(19)7-12)17(25)21-11-2-3-11/h4-8,11H,2-3H2,1H3,(H,21,25)(H,22,24). The second-order valence-electron chi connectivity index (χ2n) is 6.24. The zero-order valence-electron chi connectivity index (χ0n) is 13.9. The van der Waals surface area contributed by atoms with Gasteiger partial charge >= 0.3 is 0 Å². The Morgan fingerprint density at radius 1 is 1.23 bits per heavy atom. The van der Waals surface area contributed by atoms with Gasteiger partial charge in [-0.2, -0.15) is 0 Å². The van der Waals surface area contributed by atoms with Crippen LogP contribution in [0, 0.1) is 6.92 Å². The molecular formula is C18H15ClN4O3. The van der Waals surface area contributed by atoms with Crippen molar-refractivity contribution in [2.45, 2.75) is 25.8 Å². The van der Waals surface area contributed by atoms with Crippen molar-refractivity contribution in [3.05, 3.63) is 52.3 Å². The number of aryl methyl sites for hydroxylation is 1. The highest BCUT2D eigenvalue weighted by molar-refractivity contribution is 6.34. The molecule has 8 heteroatoms. The van der Waals surface area contributed by atoms with Gasteiger partial charge in [0.2, 0.25) is 0 Å². The van der Waals surface area contributed by atoms with E-state index in [0.717, 1.165) is 12.8 Å². The molecular weight excluding hydrogens is 356 g/mol. The molecule has 2 heterocycles. The van der Waals surface area contributed by atoms with Crippen LogP contribution in [0.3, 0.4) is 0 Å². The molecule has 4 rings (SSSR count). The van der Waals surface area contributed by atoms with Gasteiger partial charge in [0.25, 0.3) is 17.5 Å². The van der Waals surface area contributed by atoms with Gasteiger partial charge in [-0.15, -0.1) is 0 Å². The van der Waals surface area contributed by atoms with Crippen LogP contribution >= 0.6 is 11.6 Å². The van der Waals surface area contributed by atoms with Gasteiger partial charge in [0, 0.05) is 17.9 Å². The number of amides is 2. The minimum Gasteiger partial charge on any atom is -0.349 e. The van der Waals surface area contributed by atoms with Crippen molar-refractivity contribution >= 4 is 40.2 Å². The first-order valence-electron chi connectivity index (χ1n) is 8.15. The smallest absolute Gasteiger partial charge is 0.257 e. The average Bonchev–Trinajstić information content (AvgIpc) is 3.36. The second-order valence-corrected chi connectivity index (χ2v) is 6.65.